The first-order chi connectivity index (χ1) is 8.79. The van der Waals surface area contributed by atoms with Gasteiger partial charge in [0.1, 0.15) is 5.01 Å². The molecule has 2 aromatic rings. The highest BCUT2D eigenvalue weighted by Crippen LogP contribution is 2.21. The van der Waals surface area contributed by atoms with Gasteiger partial charge in [-0.25, -0.2) is 4.98 Å². The number of thioether (sulfide) groups is 1. The number of aromatic nitrogens is 2. The molecule has 3 nitrogen and oxygen atoms in total. The van der Waals surface area contributed by atoms with Crippen LogP contribution in [0.5, 0.6) is 0 Å². The van der Waals surface area contributed by atoms with Gasteiger partial charge in [0.2, 0.25) is 0 Å². The first-order valence-corrected chi connectivity index (χ1v) is 8.05. The standard InChI is InChI=1S/C13H17N3S2/c1-10(17-2)7-14-8-11-9-18-13(16-11)12-5-3-4-6-15-12/h3-6,9-10,14H,7-8H2,1-2H3. The summed E-state index contributed by atoms with van der Waals surface area (Å²) in [6.45, 7) is 4.06. The minimum Gasteiger partial charge on any atom is -0.310 e. The summed E-state index contributed by atoms with van der Waals surface area (Å²) < 4.78 is 0. The van der Waals surface area contributed by atoms with Gasteiger partial charge in [-0.05, 0) is 18.4 Å². The van der Waals surface area contributed by atoms with Crippen molar-refractivity contribution >= 4 is 23.1 Å². The lowest BCUT2D eigenvalue weighted by atomic mass is 10.3. The summed E-state index contributed by atoms with van der Waals surface area (Å²) in [4.78, 5) is 8.90. The number of hydrogen-bond acceptors (Lipinski definition) is 5. The molecule has 96 valence electrons. The topological polar surface area (TPSA) is 37.8 Å². The van der Waals surface area contributed by atoms with Crippen LogP contribution in [0.25, 0.3) is 10.7 Å². The van der Waals surface area contributed by atoms with E-state index in [-0.39, 0.29) is 0 Å². The van der Waals surface area contributed by atoms with Crippen molar-refractivity contribution in [2.24, 2.45) is 0 Å². The van der Waals surface area contributed by atoms with Crippen LogP contribution >= 0.6 is 23.1 Å². The predicted octanol–water partition coefficient (Wildman–Crippen LogP) is 3.05. The lowest BCUT2D eigenvalue weighted by Crippen LogP contribution is -2.22. The van der Waals surface area contributed by atoms with Gasteiger partial charge >= 0.3 is 0 Å². The fourth-order valence-corrected chi connectivity index (χ4v) is 2.56. The molecule has 2 rings (SSSR count). The molecule has 18 heavy (non-hydrogen) atoms. The van der Waals surface area contributed by atoms with Crippen LogP contribution in [-0.4, -0.2) is 28.0 Å². The SMILES string of the molecule is CSC(C)CNCc1csc(-c2ccccn2)n1. The first-order valence-electron chi connectivity index (χ1n) is 5.89. The third kappa shape index (κ3) is 3.80. The van der Waals surface area contributed by atoms with Crippen molar-refractivity contribution in [2.75, 3.05) is 12.8 Å². The number of rotatable bonds is 6. The second-order valence-electron chi connectivity index (χ2n) is 4.04. The van der Waals surface area contributed by atoms with E-state index in [1.807, 2.05) is 30.0 Å². The van der Waals surface area contributed by atoms with E-state index in [2.05, 4.69) is 33.8 Å². The van der Waals surface area contributed by atoms with Crippen LogP contribution in [0.4, 0.5) is 0 Å². The van der Waals surface area contributed by atoms with E-state index in [1.165, 1.54) is 0 Å². The van der Waals surface area contributed by atoms with Crippen molar-refractivity contribution < 1.29 is 0 Å². The zero-order valence-corrected chi connectivity index (χ0v) is 12.2. The van der Waals surface area contributed by atoms with Crippen molar-refractivity contribution in [2.45, 2.75) is 18.7 Å². The van der Waals surface area contributed by atoms with Gasteiger partial charge in [0.05, 0.1) is 11.4 Å². The summed E-state index contributed by atoms with van der Waals surface area (Å²) in [5.41, 5.74) is 2.04. The number of nitrogens with one attached hydrogen (secondary N) is 1. The van der Waals surface area contributed by atoms with Crippen LogP contribution < -0.4 is 5.32 Å². The van der Waals surface area contributed by atoms with E-state index in [0.29, 0.717) is 5.25 Å². The molecule has 0 aromatic carbocycles. The lowest BCUT2D eigenvalue weighted by molar-refractivity contribution is 0.675. The molecule has 0 spiro atoms. The van der Waals surface area contributed by atoms with Crippen LogP contribution in [0.1, 0.15) is 12.6 Å². The Morgan fingerprint density at radius 3 is 3.06 bits per heavy atom. The molecule has 0 saturated heterocycles. The van der Waals surface area contributed by atoms with E-state index < -0.39 is 0 Å². The van der Waals surface area contributed by atoms with Crippen molar-refractivity contribution in [3.63, 3.8) is 0 Å². The molecule has 0 aliphatic heterocycles. The minimum absolute atomic E-state index is 0.638. The number of thiazole rings is 1. The van der Waals surface area contributed by atoms with Crippen LogP contribution in [0.15, 0.2) is 29.8 Å². The maximum atomic E-state index is 4.59. The molecule has 2 heterocycles. The van der Waals surface area contributed by atoms with Gasteiger partial charge in [-0.15, -0.1) is 11.3 Å². The lowest BCUT2D eigenvalue weighted by Gasteiger charge is -2.07. The Kier molecular flexibility index (Phi) is 5.16. The van der Waals surface area contributed by atoms with Crippen LogP contribution in [-0.2, 0) is 6.54 Å². The van der Waals surface area contributed by atoms with Gasteiger partial charge in [0.15, 0.2) is 0 Å². The zero-order valence-electron chi connectivity index (χ0n) is 10.6. The van der Waals surface area contributed by atoms with Crippen molar-refractivity contribution in [3.05, 3.63) is 35.5 Å². The molecule has 0 fully saturated rings. The summed E-state index contributed by atoms with van der Waals surface area (Å²) in [6, 6.07) is 5.90. The predicted molar refractivity (Wildman–Crippen MR) is 80.0 cm³/mol. The van der Waals surface area contributed by atoms with Gasteiger partial charge in [0, 0.05) is 29.9 Å². The van der Waals surface area contributed by atoms with E-state index in [1.54, 1.807) is 17.5 Å². The minimum atomic E-state index is 0.638. The number of pyridine rings is 1. The highest BCUT2D eigenvalue weighted by atomic mass is 32.2. The molecule has 2 aromatic heterocycles. The molecule has 0 aliphatic carbocycles. The van der Waals surface area contributed by atoms with E-state index >= 15 is 0 Å². The third-order valence-corrected chi connectivity index (χ3v) is 4.46. The van der Waals surface area contributed by atoms with Gasteiger partial charge in [-0.2, -0.15) is 11.8 Å². The third-order valence-electron chi connectivity index (χ3n) is 2.58. The highest BCUT2D eigenvalue weighted by Gasteiger charge is 2.05. The van der Waals surface area contributed by atoms with E-state index in [4.69, 9.17) is 0 Å². The van der Waals surface area contributed by atoms with Gasteiger partial charge in [-0.3, -0.25) is 4.98 Å². The molecule has 0 amide bonds. The molecule has 5 heteroatoms. The fourth-order valence-electron chi connectivity index (χ4n) is 1.48. The Labute approximate surface area is 116 Å². The molecular formula is C13H17N3S2. The molecule has 0 bridgehead atoms. The summed E-state index contributed by atoms with van der Waals surface area (Å²) in [6.07, 6.45) is 3.93. The van der Waals surface area contributed by atoms with Crippen molar-refractivity contribution in [3.8, 4) is 10.7 Å². The molecule has 0 saturated carbocycles. The Hall–Kier alpha value is -0.910. The Balaban J connectivity index is 1.91. The first kappa shape index (κ1) is 13.5. The van der Waals surface area contributed by atoms with Gasteiger partial charge < -0.3 is 5.32 Å². The average Bonchev–Trinajstić information content (AvgIpc) is 2.88. The summed E-state index contributed by atoms with van der Waals surface area (Å²) in [7, 11) is 0. The monoisotopic (exact) mass is 279 g/mol. The largest absolute Gasteiger partial charge is 0.310 e. The summed E-state index contributed by atoms with van der Waals surface area (Å²) in [5, 5.41) is 7.15. The maximum Gasteiger partial charge on any atom is 0.142 e. The highest BCUT2D eigenvalue weighted by molar-refractivity contribution is 7.99. The maximum absolute atomic E-state index is 4.59. The molecule has 1 N–H and O–H groups in total. The van der Waals surface area contributed by atoms with Gasteiger partial charge in [0.25, 0.3) is 0 Å². The Morgan fingerprint density at radius 1 is 1.44 bits per heavy atom. The average molecular weight is 279 g/mol. The second-order valence-corrected chi connectivity index (χ2v) is 6.17. The fraction of sp³-hybridized carbons (Fsp3) is 0.385. The van der Waals surface area contributed by atoms with Crippen molar-refractivity contribution in [1.29, 1.82) is 0 Å². The zero-order chi connectivity index (χ0) is 12.8. The van der Waals surface area contributed by atoms with Gasteiger partial charge in [-0.1, -0.05) is 13.0 Å². The number of nitrogens with zero attached hydrogens (tertiary/aromatic N) is 2. The molecule has 0 radical (unpaired) electrons. The van der Waals surface area contributed by atoms with Crippen LogP contribution in [0.3, 0.4) is 0 Å². The second kappa shape index (κ2) is 6.87. The summed E-state index contributed by atoms with van der Waals surface area (Å²) >= 11 is 3.52. The van der Waals surface area contributed by atoms with Crippen LogP contribution in [0.2, 0.25) is 0 Å². The van der Waals surface area contributed by atoms with Crippen LogP contribution in [0, 0.1) is 0 Å². The van der Waals surface area contributed by atoms with Crippen molar-refractivity contribution in [1.82, 2.24) is 15.3 Å². The quantitative estimate of drug-likeness (QED) is 0.882. The van der Waals surface area contributed by atoms with E-state index in [0.717, 1.165) is 29.5 Å². The van der Waals surface area contributed by atoms with E-state index in [9.17, 15) is 0 Å². The molecule has 0 aliphatic rings. The normalized spacial score (nSPS) is 12.6. The molecule has 1 atom stereocenters. The molecular weight excluding hydrogens is 262 g/mol. The Morgan fingerprint density at radius 2 is 2.33 bits per heavy atom. The molecule has 1 unspecified atom stereocenters. The Bertz CT molecular complexity index is 470. The number of hydrogen-bond donors (Lipinski definition) is 1. The smallest absolute Gasteiger partial charge is 0.142 e. The summed E-state index contributed by atoms with van der Waals surface area (Å²) in [5.74, 6) is 0.